The van der Waals surface area contributed by atoms with E-state index in [1.54, 1.807) is 4.72 Å². The second-order valence-corrected chi connectivity index (χ2v) is 5.67. The number of halogens is 3. The van der Waals surface area contributed by atoms with Crippen molar-refractivity contribution < 1.29 is 21.6 Å². The van der Waals surface area contributed by atoms with E-state index in [2.05, 4.69) is 4.98 Å². The number of hydrogen-bond acceptors (Lipinski definition) is 3. The first-order valence-electron chi connectivity index (χ1n) is 5.58. The topological polar surface area (TPSA) is 79.0 Å². The van der Waals surface area contributed by atoms with E-state index in [4.69, 9.17) is 0 Å². The summed E-state index contributed by atoms with van der Waals surface area (Å²) in [5, 5.41) is 0. The summed E-state index contributed by atoms with van der Waals surface area (Å²) >= 11 is 0. The van der Waals surface area contributed by atoms with Gasteiger partial charge in [-0.25, -0.2) is 8.42 Å². The van der Waals surface area contributed by atoms with Gasteiger partial charge in [0.2, 0.25) is 5.43 Å². The first-order chi connectivity index (χ1) is 9.72. The zero-order chi connectivity index (χ0) is 15.7. The van der Waals surface area contributed by atoms with E-state index < -0.39 is 37.8 Å². The number of pyridine rings is 1. The minimum atomic E-state index is -4.72. The number of aromatic amines is 1. The van der Waals surface area contributed by atoms with E-state index >= 15 is 0 Å². The molecule has 1 heterocycles. The van der Waals surface area contributed by atoms with Gasteiger partial charge in [-0.2, -0.15) is 13.2 Å². The zero-order valence-corrected chi connectivity index (χ0v) is 11.1. The van der Waals surface area contributed by atoms with Gasteiger partial charge in [-0.15, -0.1) is 0 Å². The summed E-state index contributed by atoms with van der Waals surface area (Å²) in [7, 11) is -4.42. The fraction of sp³-hybridized carbons (Fsp3) is 0.0833. The van der Waals surface area contributed by atoms with Gasteiger partial charge in [0, 0.05) is 18.5 Å². The average molecular weight is 318 g/mol. The van der Waals surface area contributed by atoms with Crippen LogP contribution in [-0.4, -0.2) is 13.4 Å². The van der Waals surface area contributed by atoms with Gasteiger partial charge < -0.3 is 4.98 Å². The van der Waals surface area contributed by atoms with Gasteiger partial charge in [0.25, 0.3) is 10.0 Å². The zero-order valence-electron chi connectivity index (χ0n) is 10.3. The molecule has 0 radical (unpaired) electrons. The van der Waals surface area contributed by atoms with E-state index in [1.807, 2.05) is 0 Å². The predicted octanol–water partition coefficient (Wildman–Crippen LogP) is 2.19. The number of hydrogen-bond donors (Lipinski definition) is 2. The Morgan fingerprint density at radius 2 is 1.76 bits per heavy atom. The smallest absolute Gasteiger partial charge is 0.366 e. The first kappa shape index (κ1) is 15.1. The standard InChI is InChI=1S/C12H9F3N2O3S/c13-12(14,15)8-3-1-2-4-9(8)17-21(19,20)11-7-16-6-5-10(11)18/h1-7,17H,(H,16,18). The number of alkyl halides is 3. The summed E-state index contributed by atoms with van der Waals surface area (Å²) in [4.78, 5) is 13.2. The number of anilines is 1. The van der Waals surface area contributed by atoms with Gasteiger partial charge in [0.1, 0.15) is 0 Å². The fourth-order valence-electron chi connectivity index (χ4n) is 1.63. The molecule has 21 heavy (non-hydrogen) atoms. The second kappa shape index (κ2) is 5.24. The van der Waals surface area contributed by atoms with E-state index in [9.17, 15) is 26.4 Å². The summed E-state index contributed by atoms with van der Waals surface area (Å²) < 4.78 is 64.2. The Hall–Kier alpha value is -2.29. The fourth-order valence-corrected chi connectivity index (χ4v) is 2.76. The number of sulfonamides is 1. The van der Waals surface area contributed by atoms with Crippen molar-refractivity contribution in [3.05, 3.63) is 58.5 Å². The van der Waals surface area contributed by atoms with Crippen LogP contribution in [0.3, 0.4) is 0 Å². The van der Waals surface area contributed by atoms with Crippen molar-refractivity contribution in [1.82, 2.24) is 4.98 Å². The number of H-pyrrole nitrogens is 1. The van der Waals surface area contributed by atoms with Crippen LogP contribution < -0.4 is 10.2 Å². The summed E-state index contributed by atoms with van der Waals surface area (Å²) in [6.07, 6.45) is -2.60. The van der Waals surface area contributed by atoms with Gasteiger partial charge >= 0.3 is 6.18 Å². The molecule has 0 fully saturated rings. The Bertz CT molecular complexity index is 813. The Morgan fingerprint density at radius 3 is 2.38 bits per heavy atom. The maximum absolute atomic E-state index is 12.8. The molecule has 0 aliphatic carbocycles. The Labute approximate surface area is 117 Å². The van der Waals surface area contributed by atoms with Crippen LogP contribution in [0.4, 0.5) is 18.9 Å². The van der Waals surface area contributed by atoms with Gasteiger partial charge in [-0.3, -0.25) is 9.52 Å². The van der Waals surface area contributed by atoms with Crippen LogP contribution in [0.5, 0.6) is 0 Å². The van der Waals surface area contributed by atoms with Crippen molar-refractivity contribution in [2.75, 3.05) is 4.72 Å². The van der Waals surface area contributed by atoms with Gasteiger partial charge in [-0.1, -0.05) is 12.1 Å². The van der Waals surface area contributed by atoms with Gasteiger partial charge in [0.05, 0.1) is 11.3 Å². The lowest BCUT2D eigenvalue weighted by atomic mass is 10.2. The number of benzene rings is 1. The highest BCUT2D eigenvalue weighted by atomic mass is 32.2. The maximum Gasteiger partial charge on any atom is 0.418 e. The third-order valence-corrected chi connectivity index (χ3v) is 3.94. The van der Waals surface area contributed by atoms with Gasteiger partial charge in [-0.05, 0) is 12.1 Å². The molecule has 112 valence electrons. The van der Waals surface area contributed by atoms with Crippen LogP contribution in [0.15, 0.2) is 52.4 Å². The van der Waals surface area contributed by atoms with Crippen LogP contribution in [0.1, 0.15) is 5.56 Å². The van der Waals surface area contributed by atoms with Crippen molar-refractivity contribution in [3.63, 3.8) is 0 Å². The lowest BCUT2D eigenvalue weighted by molar-refractivity contribution is -0.136. The summed E-state index contributed by atoms with van der Waals surface area (Å²) in [5.74, 6) is 0. The highest BCUT2D eigenvalue weighted by Gasteiger charge is 2.34. The molecule has 0 spiro atoms. The van der Waals surface area contributed by atoms with Crippen molar-refractivity contribution in [2.45, 2.75) is 11.1 Å². The molecule has 0 aliphatic heterocycles. The molecule has 0 unspecified atom stereocenters. The summed E-state index contributed by atoms with van der Waals surface area (Å²) in [6, 6.07) is 5.06. The number of aromatic nitrogens is 1. The van der Waals surface area contributed by atoms with E-state index in [0.717, 1.165) is 30.5 Å². The minimum Gasteiger partial charge on any atom is -0.366 e. The van der Waals surface area contributed by atoms with Crippen molar-refractivity contribution in [1.29, 1.82) is 0 Å². The first-order valence-corrected chi connectivity index (χ1v) is 7.06. The average Bonchev–Trinajstić information content (AvgIpc) is 2.38. The largest absolute Gasteiger partial charge is 0.418 e. The molecule has 9 heteroatoms. The Kier molecular flexibility index (Phi) is 3.77. The molecule has 0 saturated heterocycles. The van der Waals surface area contributed by atoms with Crippen LogP contribution in [-0.2, 0) is 16.2 Å². The van der Waals surface area contributed by atoms with E-state index in [1.165, 1.54) is 12.3 Å². The highest BCUT2D eigenvalue weighted by Crippen LogP contribution is 2.35. The van der Waals surface area contributed by atoms with E-state index in [0.29, 0.717) is 0 Å². The van der Waals surface area contributed by atoms with Crippen LogP contribution >= 0.6 is 0 Å². The molecule has 5 nitrogen and oxygen atoms in total. The van der Waals surface area contributed by atoms with Crippen LogP contribution in [0.2, 0.25) is 0 Å². The third kappa shape index (κ3) is 3.24. The molecular weight excluding hydrogens is 309 g/mol. The molecule has 0 aliphatic rings. The second-order valence-electron chi connectivity index (χ2n) is 4.02. The van der Waals surface area contributed by atoms with Gasteiger partial charge in [0.15, 0.2) is 4.90 Å². The van der Waals surface area contributed by atoms with E-state index in [-0.39, 0.29) is 0 Å². The minimum absolute atomic E-state index is 0.645. The number of rotatable bonds is 3. The molecular formula is C12H9F3N2O3S. The number of nitrogens with one attached hydrogen (secondary N) is 2. The molecule has 0 bridgehead atoms. The highest BCUT2D eigenvalue weighted by molar-refractivity contribution is 7.92. The molecule has 1 aromatic heterocycles. The van der Waals surface area contributed by atoms with Crippen LogP contribution in [0.25, 0.3) is 0 Å². The lowest BCUT2D eigenvalue weighted by Crippen LogP contribution is -2.22. The Balaban J connectivity index is 2.48. The van der Waals surface area contributed by atoms with Crippen molar-refractivity contribution in [3.8, 4) is 0 Å². The predicted molar refractivity (Wildman–Crippen MR) is 69.3 cm³/mol. The molecule has 1 aromatic carbocycles. The van der Waals surface area contributed by atoms with Crippen molar-refractivity contribution in [2.24, 2.45) is 0 Å². The van der Waals surface area contributed by atoms with Crippen LogP contribution in [0, 0.1) is 0 Å². The summed E-state index contributed by atoms with van der Waals surface area (Å²) in [6.45, 7) is 0. The number of para-hydroxylation sites is 1. The quantitative estimate of drug-likeness (QED) is 0.910. The lowest BCUT2D eigenvalue weighted by Gasteiger charge is -2.14. The molecule has 2 N–H and O–H groups in total. The third-order valence-electron chi connectivity index (χ3n) is 2.55. The molecule has 0 atom stereocenters. The monoisotopic (exact) mass is 318 g/mol. The molecule has 2 aromatic rings. The molecule has 0 amide bonds. The SMILES string of the molecule is O=c1cc[nH]cc1S(=O)(=O)Nc1ccccc1C(F)(F)F. The maximum atomic E-state index is 12.8. The molecule has 2 rings (SSSR count). The molecule has 0 saturated carbocycles. The van der Waals surface area contributed by atoms with Crippen molar-refractivity contribution >= 4 is 15.7 Å². The normalized spacial score (nSPS) is 12.1. The Morgan fingerprint density at radius 1 is 1.10 bits per heavy atom. The summed E-state index contributed by atoms with van der Waals surface area (Å²) in [5.41, 5.74) is -2.61.